The lowest BCUT2D eigenvalue weighted by atomic mass is 9.69. The normalized spacial score (nSPS) is 24.0. The van der Waals surface area contributed by atoms with Gasteiger partial charge in [0.25, 0.3) is 0 Å². The number of halogens is 4. The smallest absolute Gasteiger partial charge is 0.194 e. The maximum atomic E-state index is 15.2. The predicted molar refractivity (Wildman–Crippen MR) is 109 cm³/mol. The molecule has 1 unspecified atom stereocenters. The van der Waals surface area contributed by atoms with E-state index < -0.39 is 23.3 Å². The fraction of sp³-hybridized carbons (Fsp3) is 0.520. The van der Waals surface area contributed by atoms with E-state index in [1.54, 1.807) is 6.07 Å². The van der Waals surface area contributed by atoms with Crippen molar-refractivity contribution in [2.24, 2.45) is 17.8 Å². The number of ether oxygens (including phenoxy) is 1. The number of fused-ring (bicyclic) bond motifs is 1. The molecule has 0 amide bonds. The molecule has 0 N–H and O–H groups in total. The molecule has 1 atom stereocenters. The van der Waals surface area contributed by atoms with Crippen LogP contribution in [0.3, 0.4) is 0 Å². The van der Waals surface area contributed by atoms with Crippen molar-refractivity contribution in [3.63, 3.8) is 0 Å². The van der Waals surface area contributed by atoms with Gasteiger partial charge in [0.2, 0.25) is 0 Å². The lowest BCUT2D eigenvalue weighted by molar-refractivity contribution is 0.0770. The van der Waals surface area contributed by atoms with Crippen molar-refractivity contribution in [3.05, 3.63) is 58.7 Å². The maximum Gasteiger partial charge on any atom is 0.194 e. The average Bonchev–Trinajstić information content (AvgIpc) is 2.76. The molecule has 0 aromatic heterocycles. The van der Waals surface area contributed by atoms with Crippen LogP contribution in [0.15, 0.2) is 24.3 Å². The fourth-order valence-electron chi connectivity index (χ4n) is 5.28. The quantitative estimate of drug-likeness (QED) is 0.379. The van der Waals surface area contributed by atoms with Crippen molar-refractivity contribution in [1.82, 2.24) is 0 Å². The summed E-state index contributed by atoms with van der Waals surface area (Å²) in [5.74, 6) is -2.69. The van der Waals surface area contributed by atoms with Crippen molar-refractivity contribution in [2.75, 3.05) is 13.2 Å². The van der Waals surface area contributed by atoms with Crippen molar-refractivity contribution >= 4 is 0 Å². The van der Waals surface area contributed by atoms with Gasteiger partial charge in [-0.1, -0.05) is 12.1 Å². The van der Waals surface area contributed by atoms with E-state index in [4.69, 9.17) is 4.74 Å². The Morgan fingerprint density at radius 3 is 2.23 bits per heavy atom. The molecule has 0 spiro atoms. The van der Waals surface area contributed by atoms with Crippen molar-refractivity contribution in [1.29, 1.82) is 0 Å². The van der Waals surface area contributed by atoms with Gasteiger partial charge in [0.15, 0.2) is 17.5 Å². The Labute approximate surface area is 175 Å². The topological polar surface area (TPSA) is 9.23 Å². The molecule has 2 aromatic carbocycles. The molecule has 2 aliphatic rings. The predicted octanol–water partition coefficient (Wildman–Crippen LogP) is 6.86. The van der Waals surface area contributed by atoms with E-state index in [0.717, 1.165) is 43.8 Å². The summed E-state index contributed by atoms with van der Waals surface area (Å²) in [4.78, 5) is 0. The van der Waals surface area contributed by atoms with Crippen LogP contribution in [0.1, 0.15) is 50.2 Å². The highest BCUT2D eigenvalue weighted by atomic mass is 19.2. The molecule has 4 rings (SSSR count). The van der Waals surface area contributed by atoms with Crippen LogP contribution in [0, 0.1) is 41.0 Å². The molecule has 1 nitrogen and oxygen atoms in total. The molecule has 5 heteroatoms. The molecule has 1 fully saturated rings. The van der Waals surface area contributed by atoms with Gasteiger partial charge in [-0.05, 0) is 98.4 Å². The minimum atomic E-state index is -1.53. The van der Waals surface area contributed by atoms with E-state index >= 15 is 4.39 Å². The Bertz CT molecular complexity index is 879. The van der Waals surface area contributed by atoms with E-state index in [0.29, 0.717) is 29.7 Å². The zero-order chi connectivity index (χ0) is 21.3. The monoisotopic (exact) mass is 420 g/mol. The second-order valence-electron chi connectivity index (χ2n) is 8.76. The van der Waals surface area contributed by atoms with Gasteiger partial charge in [-0.25, -0.2) is 17.6 Å². The highest BCUT2D eigenvalue weighted by Crippen LogP contribution is 2.41. The Hall–Kier alpha value is -1.88. The third kappa shape index (κ3) is 4.27. The first kappa shape index (κ1) is 21.4. The first-order valence-electron chi connectivity index (χ1n) is 11.0. The third-order valence-electron chi connectivity index (χ3n) is 7.00. The number of rotatable bonds is 5. The van der Waals surface area contributed by atoms with Crippen molar-refractivity contribution in [3.8, 4) is 11.1 Å². The second kappa shape index (κ2) is 9.09. The Kier molecular flexibility index (Phi) is 6.47. The number of benzene rings is 2. The van der Waals surface area contributed by atoms with Crippen LogP contribution in [0.5, 0.6) is 0 Å². The van der Waals surface area contributed by atoms with E-state index in [-0.39, 0.29) is 11.1 Å². The van der Waals surface area contributed by atoms with Crippen LogP contribution in [-0.4, -0.2) is 13.2 Å². The van der Waals surface area contributed by atoms with Crippen LogP contribution in [0.2, 0.25) is 0 Å². The second-order valence-corrected chi connectivity index (χ2v) is 8.76. The fourth-order valence-corrected chi connectivity index (χ4v) is 5.28. The minimum Gasteiger partial charge on any atom is -0.381 e. The summed E-state index contributed by atoms with van der Waals surface area (Å²) >= 11 is 0. The first-order chi connectivity index (χ1) is 14.5. The maximum absolute atomic E-state index is 15.2. The number of hydrogen-bond acceptors (Lipinski definition) is 1. The molecular weight excluding hydrogens is 392 g/mol. The summed E-state index contributed by atoms with van der Waals surface area (Å²) in [5.41, 5.74) is 1.79. The zero-order valence-corrected chi connectivity index (χ0v) is 17.3. The van der Waals surface area contributed by atoms with Crippen LogP contribution < -0.4 is 0 Å². The van der Waals surface area contributed by atoms with Gasteiger partial charge in [-0.15, -0.1) is 0 Å². The van der Waals surface area contributed by atoms with Gasteiger partial charge < -0.3 is 4.74 Å². The molecule has 0 bridgehead atoms. The van der Waals surface area contributed by atoms with Gasteiger partial charge in [-0.2, -0.15) is 0 Å². The summed E-state index contributed by atoms with van der Waals surface area (Å²) in [6, 6.07) is 5.16. The average molecular weight is 420 g/mol. The Morgan fingerprint density at radius 2 is 1.57 bits per heavy atom. The summed E-state index contributed by atoms with van der Waals surface area (Å²) in [5, 5.41) is 0. The minimum absolute atomic E-state index is 0.0291. The van der Waals surface area contributed by atoms with Gasteiger partial charge >= 0.3 is 0 Å². The van der Waals surface area contributed by atoms with Crippen molar-refractivity contribution in [2.45, 2.75) is 51.9 Å². The Balaban J connectivity index is 1.48. The molecule has 0 radical (unpaired) electrons. The molecule has 0 heterocycles. The number of hydrogen-bond donors (Lipinski definition) is 0. The van der Waals surface area contributed by atoms with E-state index in [1.807, 2.05) is 13.0 Å². The van der Waals surface area contributed by atoms with Gasteiger partial charge in [0.05, 0.1) is 0 Å². The van der Waals surface area contributed by atoms with Gasteiger partial charge in [0.1, 0.15) is 5.82 Å². The zero-order valence-electron chi connectivity index (χ0n) is 17.3. The van der Waals surface area contributed by atoms with Crippen molar-refractivity contribution < 1.29 is 22.3 Å². The molecule has 0 saturated heterocycles. The largest absolute Gasteiger partial charge is 0.381 e. The molecule has 0 aliphatic heterocycles. The molecule has 162 valence electrons. The molecule has 30 heavy (non-hydrogen) atoms. The molecule has 2 aliphatic carbocycles. The standard InChI is InChI=1S/C25H28F4O/c1-2-30-14-15-3-5-16(6-4-15)17-7-9-20-18(11-17)8-10-21(24(20)28)19-12-22(26)25(29)23(27)13-19/h8,10,12-13,15-17H,2-7,9,11,14H2,1H3. The highest BCUT2D eigenvalue weighted by molar-refractivity contribution is 5.66. The van der Waals surface area contributed by atoms with E-state index in [1.165, 1.54) is 25.7 Å². The lowest BCUT2D eigenvalue weighted by Gasteiger charge is -2.36. The molecular formula is C25H28F4O. The summed E-state index contributed by atoms with van der Waals surface area (Å²) in [6.07, 6.45) is 7.20. The molecule has 2 aromatic rings. The van der Waals surface area contributed by atoms with Crippen LogP contribution in [0.4, 0.5) is 17.6 Å². The summed E-state index contributed by atoms with van der Waals surface area (Å²) in [6.45, 7) is 3.65. The SMILES string of the molecule is CCOCC1CCC(C2CCc3c(ccc(-c4cc(F)c(F)c(F)c4)c3F)C2)CC1. The summed E-state index contributed by atoms with van der Waals surface area (Å²) < 4.78 is 61.2. The van der Waals surface area contributed by atoms with Gasteiger partial charge in [-0.3, -0.25) is 0 Å². The van der Waals surface area contributed by atoms with Gasteiger partial charge in [0, 0.05) is 18.8 Å². The highest BCUT2D eigenvalue weighted by Gasteiger charge is 2.31. The lowest BCUT2D eigenvalue weighted by Crippen LogP contribution is -2.28. The summed E-state index contributed by atoms with van der Waals surface area (Å²) in [7, 11) is 0. The van der Waals surface area contributed by atoms with E-state index in [2.05, 4.69) is 0 Å². The van der Waals surface area contributed by atoms with Crippen LogP contribution >= 0.6 is 0 Å². The first-order valence-corrected chi connectivity index (χ1v) is 11.0. The van der Waals surface area contributed by atoms with Crippen LogP contribution in [-0.2, 0) is 17.6 Å². The van der Waals surface area contributed by atoms with E-state index in [9.17, 15) is 13.2 Å². The Morgan fingerprint density at radius 1 is 0.867 bits per heavy atom. The molecule has 1 saturated carbocycles. The van der Waals surface area contributed by atoms with Crippen LogP contribution in [0.25, 0.3) is 11.1 Å². The third-order valence-corrected chi connectivity index (χ3v) is 7.00.